The summed E-state index contributed by atoms with van der Waals surface area (Å²) < 4.78 is 22.9. The number of carbonyl (C=O) groups excluding carboxylic acids is 2. The molecule has 1 atom stereocenters. The molecule has 0 saturated carbocycles. The molecule has 5 rings (SSSR count). The maximum absolute atomic E-state index is 13.9. The SMILES string of the molecule is COc1cc(C(=O)N2CO[C@](CCN3CCC(C(=O)N(C)C)(c4ccccc4)CC3)(c3ccc(Cl)c(Cl)c3)C2)cc(OC)c1OC. The molecule has 2 amide bonds. The summed E-state index contributed by atoms with van der Waals surface area (Å²) in [5.41, 5.74) is 0.914. The van der Waals surface area contributed by atoms with E-state index in [1.165, 1.54) is 21.3 Å². The monoisotopic (exact) mass is 669 g/mol. The van der Waals surface area contributed by atoms with Crippen molar-refractivity contribution in [2.75, 3.05) is 68.3 Å². The highest BCUT2D eigenvalue weighted by Gasteiger charge is 2.46. The highest BCUT2D eigenvalue weighted by atomic mass is 35.5. The van der Waals surface area contributed by atoms with Gasteiger partial charge in [-0.05, 0) is 67.7 Å². The summed E-state index contributed by atoms with van der Waals surface area (Å²) >= 11 is 12.8. The molecule has 11 heteroatoms. The molecule has 246 valence electrons. The Morgan fingerprint density at radius 1 is 0.870 bits per heavy atom. The van der Waals surface area contributed by atoms with Crippen LogP contribution in [-0.2, 0) is 20.5 Å². The van der Waals surface area contributed by atoms with Crippen LogP contribution in [0.5, 0.6) is 17.2 Å². The zero-order valence-corrected chi connectivity index (χ0v) is 28.5. The lowest BCUT2D eigenvalue weighted by molar-refractivity contribution is -0.137. The van der Waals surface area contributed by atoms with Gasteiger partial charge in [0.1, 0.15) is 12.3 Å². The van der Waals surface area contributed by atoms with Crippen molar-refractivity contribution in [1.82, 2.24) is 14.7 Å². The Balaban J connectivity index is 1.37. The predicted molar refractivity (Wildman–Crippen MR) is 178 cm³/mol. The van der Waals surface area contributed by atoms with Crippen LogP contribution in [0.4, 0.5) is 0 Å². The van der Waals surface area contributed by atoms with E-state index in [2.05, 4.69) is 17.0 Å². The molecule has 2 aliphatic heterocycles. The maximum atomic E-state index is 13.9. The lowest BCUT2D eigenvalue weighted by Crippen LogP contribution is -2.52. The number of likely N-dealkylation sites (N-methyl/N-ethyl adjacent to an activating group) is 1. The first kappa shape index (κ1) is 33.9. The van der Waals surface area contributed by atoms with Gasteiger partial charge in [0.05, 0.1) is 43.3 Å². The molecule has 0 aliphatic carbocycles. The van der Waals surface area contributed by atoms with Crippen LogP contribution >= 0.6 is 23.2 Å². The van der Waals surface area contributed by atoms with Crippen LogP contribution < -0.4 is 14.2 Å². The summed E-state index contributed by atoms with van der Waals surface area (Å²) in [7, 11) is 8.19. The van der Waals surface area contributed by atoms with Crippen LogP contribution in [0.15, 0.2) is 60.7 Å². The Labute approximate surface area is 280 Å². The molecular weight excluding hydrogens is 629 g/mol. The topological polar surface area (TPSA) is 80.8 Å². The van der Waals surface area contributed by atoms with E-state index in [1.54, 1.807) is 28.0 Å². The molecule has 0 aromatic heterocycles. The quantitative estimate of drug-likeness (QED) is 0.268. The molecule has 2 aliphatic rings. The fraction of sp³-hybridized carbons (Fsp3) is 0.429. The number of halogens is 2. The molecule has 2 saturated heterocycles. The van der Waals surface area contributed by atoms with E-state index in [1.807, 2.05) is 44.4 Å². The minimum absolute atomic E-state index is 0.0875. The van der Waals surface area contributed by atoms with Gasteiger partial charge in [-0.3, -0.25) is 9.59 Å². The van der Waals surface area contributed by atoms with Gasteiger partial charge in [-0.15, -0.1) is 0 Å². The van der Waals surface area contributed by atoms with Crippen LogP contribution in [-0.4, -0.2) is 94.8 Å². The Morgan fingerprint density at radius 2 is 1.52 bits per heavy atom. The molecule has 3 aromatic carbocycles. The van der Waals surface area contributed by atoms with E-state index in [-0.39, 0.29) is 18.5 Å². The van der Waals surface area contributed by atoms with E-state index < -0.39 is 11.0 Å². The van der Waals surface area contributed by atoms with Crippen molar-refractivity contribution in [3.8, 4) is 17.2 Å². The van der Waals surface area contributed by atoms with E-state index >= 15 is 0 Å². The first-order chi connectivity index (χ1) is 22.1. The number of hydrogen-bond donors (Lipinski definition) is 0. The Bertz CT molecular complexity index is 1540. The number of piperidine rings is 1. The fourth-order valence-corrected chi connectivity index (χ4v) is 6.97. The number of rotatable bonds is 10. The number of benzene rings is 3. The largest absolute Gasteiger partial charge is 0.493 e. The smallest absolute Gasteiger partial charge is 0.256 e. The summed E-state index contributed by atoms with van der Waals surface area (Å²) in [5, 5.41) is 0.868. The van der Waals surface area contributed by atoms with Crippen molar-refractivity contribution in [2.45, 2.75) is 30.3 Å². The molecule has 0 unspecified atom stereocenters. The van der Waals surface area contributed by atoms with Gasteiger partial charge in [-0.1, -0.05) is 59.6 Å². The van der Waals surface area contributed by atoms with Gasteiger partial charge in [0.2, 0.25) is 11.7 Å². The van der Waals surface area contributed by atoms with Crippen molar-refractivity contribution in [1.29, 1.82) is 0 Å². The Kier molecular flexibility index (Phi) is 10.4. The maximum Gasteiger partial charge on any atom is 0.256 e. The van der Waals surface area contributed by atoms with Crippen molar-refractivity contribution in [3.05, 3.63) is 87.4 Å². The summed E-state index contributed by atoms with van der Waals surface area (Å²) in [5.74, 6) is 1.10. The zero-order chi connectivity index (χ0) is 33.1. The van der Waals surface area contributed by atoms with Gasteiger partial charge in [-0.2, -0.15) is 0 Å². The zero-order valence-electron chi connectivity index (χ0n) is 27.0. The molecule has 2 fully saturated rings. The fourth-order valence-electron chi connectivity index (χ4n) is 6.68. The highest BCUT2D eigenvalue weighted by molar-refractivity contribution is 6.42. The van der Waals surface area contributed by atoms with Gasteiger partial charge in [0.15, 0.2) is 11.5 Å². The van der Waals surface area contributed by atoms with E-state index in [0.717, 1.165) is 24.2 Å². The first-order valence-electron chi connectivity index (χ1n) is 15.3. The number of methoxy groups -OCH3 is 3. The standard InChI is InChI=1S/C35H41Cl2N3O6/c1-38(2)33(42)34(25-9-7-6-8-10-25)13-16-39(17-14-34)18-15-35(26-11-12-27(36)28(37)21-26)22-40(23-46-35)32(41)24-19-29(43-3)31(45-5)30(20-24)44-4/h6-12,19-21H,13-18,22-23H2,1-5H3/t35-/m0/s1. The van der Waals surface area contributed by atoms with Crippen molar-refractivity contribution in [3.63, 3.8) is 0 Å². The van der Waals surface area contributed by atoms with Gasteiger partial charge < -0.3 is 33.6 Å². The van der Waals surface area contributed by atoms with Crippen LogP contribution in [0.1, 0.15) is 40.7 Å². The van der Waals surface area contributed by atoms with Crippen molar-refractivity contribution < 1.29 is 28.5 Å². The highest BCUT2D eigenvalue weighted by Crippen LogP contribution is 2.42. The van der Waals surface area contributed by atoms with Gasteiger partial charge in [0, 0.05) is 26.2 Å². The molecule has 0 spiro atoms. The lowest BCUT2D eigenvalue weighted by atomic mass is 9.71. The molecule has 2 heterocycles. The number of amides is 2. The average Bonchev–Trinajstić information content (AvgIpc) is 3.53. The van der Waals surface area contributed by atoms with Crippen LogP contribution in [0.2, 0.25) is 10.0 Å². The van der Waals surface area contributed by atoms with Crippen LogP contribution in [0.25, 0.3) is 0 Å². The van der Waals surface area contributed by atoms with Crippen molar-refractivity contribution >= 4 is 35.0 Å². The Hall–Kier alpha value is -3.50. The molecule has 0 bridgehead atoms. The minimum atomic E-state index is -0.821. The number of likely N-dealkylation sites (tertiary alicyclic amines) is 1. The normalized spacial score (nSPS) is 19.5. The molecular formula is C35H41Cl2N3O6. The van der Waals surface area contributed by atoms with Crippen molar-refractivity contribution in [2.24, 2.45) is 0 Å². The Morgan fingerprint density at radius 3 is 2.09 bits per heavy atom. The van der Waals surface area contributed by atoms with Crippen LogP contribution in [0, 0.1) is 0 Å². The van der Waals surface area contributed by atoms with Gasteiger partial charge >= 0.3 is 0 Å². The summed E-state index contributed by atoms with van der Waals surface area (Å²) in [4.78, 5) is 33.1. The molecule has 46 heavy (non-hydrogen) atoms. The lowest BCUT2D eigenvalue weighted by Gasteiger charge is -2.43. The third-order valence-corrected chi connectivity index (χ3v) is 10.0. The van der Waals surface area contributed by atoms with E-state index in [9.17, 15) is 9.59 Å². The second-order valence-electron chi connectivity index (χ2n) is 12.1. The van der Waals surface area contributed by atoms with Gasteiger partial charge in [-0.25, -0.2) is 0 Å². The molecule has 0 radical (unpaired) electrons. The third-order valence-electron chi connectivity index (χ3n) is 9.27. The number of hydrogen-bond acceptors (Lipinski definition) is 7. The summed E-state index contributed by atoms with van der Waals surface area (Å²) in [6, 6.07) is 18.9. The first-order valence-corrected chi connectivity index (χ1v) is 16.0. The number of nitrogens with zero attached hydrogens (tertiary/aromatic N) is 3. The number of ether oxygens (including phenoxy) is 4. The third kappa shape index (κ3) is 6.51. The summed E-state index contributed by atoms with van der Waals surface area (Å²) in [6.07, 6.45) is 2.02. The summed E-state index contributed by atoms with van der Waals surface area (Å²) in [6.45, 7) is 2.60. The van der Waals surface area contributed by atoms with E-state index in [4.69, 9.17) is 42.1 Å². The molecule has 0 N–H and O–H groups in total. The van der Waals surface area contributed by atoms with Crippen LogP contribution in [0.3, 0.4) is 0 Å². The average molecular weight is 671 g/mol. The second-order valence-corrected chi connectivity index (χ2v) is 12.9. The predicted octanol–water partition coefficient (Wildman–Crippen LogP) is 5.86. The molecule has 9 nitrogen and oxygen atoms in total. The minimum Gasteiger partial charge on any atom is -0.493 e. The second kappa shape index (κ2) is 14.1. The van der Waals surface area contributed by atoms with Gasteiger partial charge in [0.25, 0.3) is 5.91 Å². The number of carbonyl (C=O) groups is 2. The molecule has 3 aromatic rings. The van der Waals surface area contributed by atoms with E-state index in [0.29, 0.717) is 65.2 Å².